The Morgan fingerprint density at radius 3 is 2.65 bits per heavy atom. The number of benzene rings is 1. The summed E-state index contributed by atoms with van der Waals surface area (Å²) in [6.07, 6.45) is 2.45. The van der Waals surface area contributed by atoms with Crippen LogP contribution >= 0.6 is 11.6 Å². The van der Waals surface area contributed by atoms with E-state index >= 15 is 0 Å². The second-order valence-corrected chi connectivity index (χ2v) is 6.26. The van der Waals surface area contributed by atoms with Crippen LogP contribution in [0.2, 0.25) is 5.02 Å². The molecule has 1 saturated heterocycles. The lowest BCUT2D eigenvalue weighted by atomic mass is 9.93. The lowest BCUT2D eigenvalue weighted by molar-refractivity contribution is -0.138. The Labute approximate surface area is 141 Å². The van der Waals surface area contributed by atoms with Crippen LogP contribution in [0.5, 0.6) is 5.75 Å². The van der Waals surface area contributed by atoms with Crippen LogP contribution in [0.4, 0.5) is 0 Å². The molecule has 1 amide bonds. The zero-order valence-electron chi connectivity index (χ0n) is 13.3. The lowest BCUT2D eigenvalue weighted by Crippen LogP contribution is -2.39. The summed E-state index contributed by atoms with van der Waals surface area (Å²) >= 11 is 6.02. The van der Waals surface area contributed by atoms with E-state index in [2.05, 4.69) is 0 Å². The summed E-state index contributed by atoms with van der Waals surface area (Å²) in [4.78, 5) is 25.3. The van der Waals surface area contributed by atoms with Gasteiger partial charge in [0.2, 0.25) is 0 Å². The van der Waals surface area contributed by atoms with Crippen LogP contribution in [-0.4, -0.2) is 41.6 Å². The molecule has 1 N–H and O–H groups in total. The van der Waals surface area contributed by atoms with Crippen molar-refractivity contribution >= 4 is 23.5 Å². The number of hydrogen-bond acceptors (Lipinski definition) is 3. The molecular formula is C17H22ClNO4. The molecule has 23 heavy (non-hydrogen) atoms. The predicted molar refractivity (Wildman–Crippen MR) is 88.1 cm³/mol. The first-order chi connectivity index (χ1) is 11.0. The molecule has 6 heteroatoms. The Bertz CT molecular complexity index is 568. The van der Waals surface area contributed by atoms with E-state index < -0.39 is 5.97 Å². The van der Waals surface area contributed by atoms with E-state index in [1.165, 1.54) is 0 Å². The van der Waals surface area contributed by atoms with E-state index in [1.807, 2.05) is 6.92 Å². The number of carboxylic acid groups (broad SMARTS) is 1. The number of carboxylic acids is 1. The van der Waals surface area contributed by atoms with Crippen LogP contribution in [0.3, 0.4) is 0 Å². The Morgan fingerprint density at radius 2 is 2.04 bits per heavy atom. The van der Waals surface area contributed by atoms with E-state index in [9.17, 15) is 9.59 Å². The zero-order chi connectivity index (χ0) is 16.8. The van der Waals surface area contributed by atoms with Crippen molar-refractivity contribution in [2.75, 3.05) is 19.7 Å². The first kappa shape index (κ1) is 17.6. The smallest absolute Gasteiger partial charge is 0.303 e. The van der Waals surface area contributed by atoms with Crippen molar-refractivity contribution in [3.8, 4) is 5.75 Å². The zero-order valence-corrected chi connectivity index (χ0v) is 14.0. The van der Waals surface area contributed by atoms with E-state index in [1.54, 1.807) is 23.1 Å². The van der Waals surface area contributed by atoms with Crippen molar-refractivity contribution in [3.63, 3.8) is 0 Å². The van der Waals surface area contributed by atoms with Crippen LogP contribution < -0.4 is 4.74 Å². The second kappa shape index (κ2) is 8.20. The van der Waals surface area contributed by atoms with Crippen LogP contribution in [-0.2, 0) is 4.79 Å². The molecule has 0 bridgehead atoms. The number of carbonyl (C=O) groups is 2. The average molecular weight is 340 g/mol. The second-order valence-electron chi connectivity index (χ2n) is 5.82. The maximum atomic E-state index is 12.7. The largest absolute Gasteiger partial charge is 0.493 e. The van der Waals surface area contributed by atoms with E-state index in [4.69, 9.17) is 21.4 Å². The molecule has 0 radical (unpaired) electrons. The highest BCUT2D eigenvalue weighted by Crippen LogP contribution is 2.27. The summed E-state index contributed by atoms with van der Waals surface area (Å²) in [5.74, 6) is -0.187. The Balaban J connectivity index is 2.06. The summed E-state index contributed by atoms with van der Waals surface area (Å²) in [5, 5.41) is 9.35. The number of nitrogens with zero attached hydrogens (tertiary/aromatic N) is 1. The van der Waals surface area contributed by atoms with Crippen molar-refractivity contribution in [1.82, 2.24) is 4.90 Å². The quantitative estimate of drug-likeness (QED) is 0.862. The number of ether oxygens (including phenoxy) is 1. The minimum Gasteiger partial charge on any atom is -0.493 e. The molecule has 1 aromatic carbocycles. The maximum Gasteiger partial charge on any atom is 0.303 e. The van der Waals surface area contributed by atoms with Gasteiger partial charge < -0.3 is 14.7 Å². The third-order valence-corrected chi connectivity index (χ3v) is 4.23. The van der Waals surface area contributed by atoms with Gasteiger partial charge in [-0.15, -0.1) is 0 Å². The van der Waals surface area contributed by atoms with Gasteiger partial charge >= 0.3 is 5.97 Å². The van der Waals surface area contributed by atoms with Crippen molar-refractivity contribution < 1.29 is 19.4 Å². The van der Waals surface area contributed by atoms with Crippen LogP contribution in [0.15, 0.2) is 18.2 Å². The summed E-state index contributed by atoms with van der Waals surface area (Å²) < 4.78 is 5.64. The highest BCUT2D eigenvalue weighted by molar-refractivity contribution is 6.31. The fraction of sp³-hybridized carbons (Fsp3) is 0.529. The number of likely N-dealkylation sites (tertiary alicyclic amines) is 1. The molecular weight excluding hydrogens is 318 g/mol. The van der Waals surface area contributed by atoms with E-state index in [0.29, 0.717) is 48.9 Å². The van der Waals surface area contributed by atoms with Gasteiger partial charge in [0.15, 0.2) is 0 Å². The van der Waals surface area contributed by atoms with Gasteiger partial charge in [0, 0.05) is 24.5 Å². The molecule has 1 heterocycles. The highest BCUT2D eigenvalue weighted by Gasteiger charge is 2.26. The number of piperidine rings is 1. The molecule has 126 valence electrons. The van der Waals surface area contributed by atoms with Crippen molar-refractivity contribution in [1.29, 1.82) is 0 Å². The number of rotatable bonds is 6. The van der Waals surface area contributed by atoms with Gasteiger partial charge in [0.25, 0.3) is 5.91 Å². The van der Waals surface area contributed by atoms with Crippen molar-refractivity contribution in [3.05, 3.63) is 28.8 Å². The van der Waals surface area contributed by atoms with Crippen LogP contribution in [0.25, 0.3) is 0 Å². The number of carbonyl (C=O) groups excluding carboxylic acids is 1. The minimum atomic E-state index is -0.778. The molecule has 1 aromatic rings. The summed E-state index contributed by atoms with van der Waals surface area (Å²) in [5.41, 5.74) is 0.475. The van der Waals surface area contributed by atoms with Crippen LogP contribution in [0, 0.1) is 5.92 Å². The average Bonchev–Trinajstić information content (AvgIpc) is 2.53. The predicted octanol–water partition coefficient (Wildman–Crippen LogP) is 3.46. The number of hydrogen-bond donors (Lipinski definition) is 1. The van der Waals surface area contributed by atoms with E-state index in [0.717, 1.165) is 6.42 Å². The first-order valence-electron chi connectivity index (χ1n) is 7.94. The normalized spacial score (nSPS) is 15.5. The monoisotopic (exact) mass is 339 g/mol. The standard InChI is InChI=1S/C17H22ClNO4/c1-2-9-23-15-4-3-13(18)11-14(15)17(22)19-7-5-12(6-8-19)10-16(20)21/h3-4,11-12H,2,5-10H2,1H3,(H,20,21). The highest BCUT2D eigenvalue weighted by atomic mass is 35.5. The first-order valence-corrected chi connectivity index (χ1v) is 8.32. The lowest BCUT2D eigenvalue weighted by Gasteiger charge is -2.31. The molecule has 2 rings (SSSR count). The number of halogens is 1. The van der Waals surface area contributed by atoms with E-state index in [-0.39, 0.29) is 18.2 Å². The minimum absolute atomic E-state index is 0.104. The molecule has 0 spiro atoms. The molecule has 5 nitrogen and oxygen atoms in total. The van der Waals surface area contributed by atoms with Crippen molar-refractivity contribution in [2.45, 2.75) is 32.6 Å². The van der Waals surface area contributed by atoms with Gasteiger partial charge in [-0.2, -0.15) is 0 Å². The molecule has 0 saturated carbocycles. The third-order valence-electron chi connectivity index (χ3n) is 4.00. The van der Waals surface area contributed by atoms with Crippen LogP contribution in [0.1, 0.15) is 43.0 Å². The molecule has 1 aliphatic heterocycles. The molecule has 0 unspecified atom stereocenters. The third kappa shape index (κ3) is 4.86. The van der Waals surface area contributed by atoms with Gasteiger partial charge in [-0.3, -0.25) is 9.59 Å². The Hall–Kier alpha value is -1.75. The van der Waals surface area contributed by atoms with Gasteiger partial charge in [0.05, 0.1) is 12.2 Å². The van der Waals surface area contributed by atoms with Gasteiger partial charge in [-0.1, -0.05) is 18.5 Å². The summed E-state index contributed by atoms with van der Waals surface area (Å²) in [6, 6.07) is 5.07. The fourth-order valence-electron chi connectivity index (χ4n) is 2.76. The molecule has 0 atom stereocenters. The maximum absolute atomic E-state index is 12.7. The van der Waals surface area contributed by atoms with Gasteiger partial charge in [0.1, 0.15) is 5.75 Å². The van der Waals surface area contributed by atoms with Gasteiger partial charge in [-0.05, 0) is 43.4 Å². The molecule has 1 aliphatic rings. The summed E-state index contributed by atoms with van der Waals surface area (Å²) in [7, 11) is 0. The molecule has 1 fully saturated rings. The Morgan fingerprint density at radius 1 is 1.35 bits per heavy atom. The molecule has 0 aromatic heterocycles. The number of aliphatic carboxylic acids is 1. The number of amides is 1. The molecule has 0 aliphatic carbocycles. The Kier molecular flexibility index (Phi) is 6.28. The summed E-state index contributed by atoms with van der Waals surface area (Å²) in [6.45, 7) is 3.68. The van der Waals surface area contributed by atoms with Crippen molar-refractivity contribution in [2.24, 2.45) is 5.92 Å². The topological polar surface area (TPSA) is 66.8 Å². The fourth-order valence-corrected chi connectivity index (χ4v) is 2.94. The van der Waals surface area contributed by atoms with Gasteiger partial charge in [-0.25, -0.2) is 0 Å². The SMILES string of the molecule is CCCOc1ccc(Cl)cc1C(=O)N1CCC(CC(=O)O)CC1.